The molecule has 0 bridgehead atoms. The number of aliphatic hydroxyl groups excluding tert-OH is 1. The maximum absolute atomic E-state index is 14.2. The summed E-state index contributed by atoms with van der Waals surface area (Å²) in [5.74, 6) is -0.383. The highest BCUT2D eigenvalue weighted by atomic mass is 19.4. The van der Waals surface area contributed by atoms with Crippen molar-refractivity contribution in [1.29, 1.82) is 0 Å². The Kier molecular flexibility index (Phi) is 13.9. The summed E-state index contributed by atoms with van der Waals surface area (Å²) < 4.78 is 51.4. The molecule has 1 heterocycles. The molecule has 0 saturated heterocycles. The molecule has 0 aliphatic carbocycles. The molecule has 5 amide bonds. The molecule has 48 heavy (non-hydrogen) atoms. The second-order valence-electron chi connectivity index (χ2n) is 12.6. The fourth-order valence-electron chi connectivity index (χ4n) is 5.21. The van der Waals surface area contributed by atoms with Gasteiger partial charge in [0.15, 0.2) is 0 Å². The molecule has 2 aromatic carbocycles. The third-order valence-electron chi connectivity index (χ3n) is 7.99. The zero-order valence-electron chi connectivity index (χ0n) is 28.4. The number of anilines is 2. The fourth-order valence-corrected chi connectivity index (χ4v) is 5.21. The second kappa shape index (κ2) is 17.4. The molecule has 1 aliphatic heterocycles. The number of nitrogens with zero attached hydrogens (tertiary/aromatic N) is 2. The van der Waals surface area contributed by atoms with E-state index in [1.807, 2.05) is 27.7 Å². The Balaban J connectivity index is 1.86. The fraction of sp³-hybridized carbons (Fsp3) is 0.559. The van der Waals surface area contributed by atoms with Gasteiger partial charge in [0, 0.05) is 50.1 Å². The average Bonchev–Trinajstić information content (AvgIpc) is 3.01. The number of urea groups is 2. The first kappa shape index (κ1) is 38.4. The van der Waals surface area contributed by atoms with Crippen LogP contribution in [0.15, 0.2) is 42.5 Å². The molecule has 0 saturated carbocycles. The number of alkyl halides is 3. The van der Waals surface area contributed by atoms with Gasteiger partial charge in [-0.3, -0.25) is 4.79 Å². The predicted molar refractivity (Wildman–Crippen MR) is 177 cm³/mol. The van der Waals surface area contributed by atoms with Gasteiger partial charge < -0.3 is 40.3 Å². The zero-order valence-corrected chi connectivity index (χ0v) is 28.4. The Bertz CT molecular complexity index is 1370. The van der Waals surface area contributed by atoms with Crippen molar-refractivity contribution in [3.05, 3.63) is 53.6 Å². The van der Waals surface area contributed by atoms with E-state index in [9.17, 15) is 32.7 Å². The average molecular weight is 680 g/mol. The standard InChI is InChI=1S/C34H48F3N5O6/c1-21(2)38-32(45)39-27-14-15-29-28(17-27)31(44)42(23(4)20-43)18-22(3)30(47-16-8-7-9-24(5)48-29)19-41(6)33(46)40-26-12-10-25(11-13-26)34(35,36)37/h10-15,17,21-24,30,43H,7-9,16,18-20H2,1-6H3,(H,40,46)(H2,38,39,45)/t22-,23-,24+,30+/m1/s1. The van der Waals surface area contributed by atoms with E-state index < -0.39 is 41.9 Å². The molecule has 3 rings (SSSR count). The van der Waals surface area contributed by atoms with E-state index in [1.165, 1.54) is 21.9 Å². The van der Waals surface area contributed by atoms with Crippen LogP contribution in [0.25, 0.3) is 0 Å². The molecule has 0 spiro atoms. The van der Waals surface area contributed by atoms with Crippen LogP contribution in [0.5, 0.6) is 5.75 Å². The first-order valence-corrected chi connectivity index (χ1v) is 16.2. The smallest absolute Gasteiger partial charge is 0.416 e. The van der Waals surface area contributed by atoms with Gasteiger partial charge in [-0.1, -0.05) is 6.92 Å². The Labute approximate surface area is 280 Å². The van der Waals surface area contributed by atoms with Crippen molar-refractivity contribution in [3.8, 4) is 5.75 Å². The number of aliphatic hydroxyl groups is 1. The molecular formula is C34H48F3N5O6. The number of likely N-dealkylation sites (N-methyl/N-ethyl adjacent to an activating group) is 1. The third kappa shape index (κ3) is 11.3. The van der Waals surface area contributed by atoms with Crippen LogP contribution in [0.2, 0.25) is 0 Å². The quantitative estimate of drug-likeness (QED) is 0.276. The number of nitrogens with one attached hydrogen (secondary N) is 3. The lowest BCUT2D eigenvalue weighted by atomic mass is 10.0. The minimum Gasteiger partial charge on any atom is -0.490 e. The van der Waals surface area contributed by atoms with Crippen LogP contribution >= 0.6 is 0 Å². The number of ether oxygens (including phenoxy) is 2. The summed E-state index contributed by atoms with van der Waals surface area (Å²) in [5.41, 5.74) is 0.00189. The molecule has 1 aliphatic rings. The summed E-state index contributed by atoms with van der Waals surface area (Å²) in [7, 11) is 1.55. The van der Waals surface area contributed by atoms with E-state index in [0.29, 0.717) is 24.5 Å². The van der Waals surface area contributed by atoms with Crippen molar-refractivity contribution in [2.24, 2.45) is 5.92 Å². The van der Waals surface area contributed by atoms with Crippen LogP contribution in [-0.4, -0.2) is 90.5 Å². The first-order valence-electron chi connectivity index (χ1n) is 16.2. The van der Waals surface area contributed by atoms with Crippen molar-refractivity contribution in [3.63, 3.8) is 0 Å². The highest BCUT2D eigenvalue weighted by molar-refractivity contribution is 5.99. The van der Waals surface area contributed by atoms with Crippen LogP contribution in [0.4, 0.5) is 34.1 Å². The predicted octanol–water partition coefficient (Wildman–Crippen LogP) is 6.19. The minimum absolute atomic E-state index is 0.0967. The zero-order chi connectivity index (χ0) is 35.6. The van der Waals surface area contributed by atoms with Crippen molar-refractivity contribution in [1.82, 2.24) is 15.1 Å². The Morgan fingerprint density at radius 1 is 1.04 bits per heavy atom. The highest BCUT2D eigenvalue weighted by Crippen LogP contribution is 2.30. The number of hydrogen-bond acceptors (Lipinski definition) is 6. The molecule has 0 aromatic heterocycles. The van der Waals surface area contributed by atoms with E-state index >= 15 is 0 Å². The summed E-state index contributed by atoms with van der Waals surface area (Å²) in [6.45, 7) is 9.52. The molecule has 4 N–H and O–H groups in total. The van der Waals surface area contributed by atoms with Crippen LogP contribution in [-0.2, 0) is 10.9 Å². The van der Waals surface area contributed by atoms with Gasteiger partial charge in [0.2, 0.25) is 0 Å². The lowest BCUT2D eigenvalue weighted by Crippen LogP contribution is -2.48. The largest absolute Gasteiger partial charge is 0.490 e. The molecule has 4 atom stereocenters. The van der Waals surface area contributed by atoms with Crippen molar-refractivity contribution in [2.45, 2.75) is 84.3 Å². The number of fused-ring (bicyclic) bond motifs is 1. The molecule has 0 unspecified atom stereocenters. The van der Waals surface area contributed by atoms with Crippen LogP contribution in [0.3, 0.4) is 0 Å². The molecule has 266 valence electrons. The molecule has 0 fully saturated rings. The van der Waals surface area contributed by atoms with E-state index in [4.69, 9.17) is 9.47 Å². The maximum Gasteiger partial charge on any atom is 0.416 e. The van der Waals surface area contributed by atoms with Gasteiger partial charge in [0.05, 0.1) is 36.0 Å². The number of amides is 5. The van der Waals surface area contributed by atoms with Gasteiger partial charge in [-0.2, -0.15) is 13.2 Å². The SMILES string of the molecule is CC(C)NC(=O)Nc1ccc2c(c1)C(=O)N([C@H](C)CO)C[C@@H](C)[C@H](CN(C)C(=O)Nc1ccc(C(F)(F)F)cc1)OCCCC[C@H](C)O2. The lowest BCUT2D eigenvalue weighted by Gasteiger charge is -2.35. The first-order chi connectivity index (χ1) is 22.6. The van der Waals surface area contributed by atoms with Gasteiger partial charge in [0.25, 0.3) is 5.91 Å². The van der Waals surface area contributed by atoms with Crippen LogP contribution < -0.4 is 20.7 Å². The Hall–Kier alpha value is -4.04. The van der Waals surface area contributed by atoms with Gasteiger partial charge in [0.1, 0.15) is 5.75 Å². The number of halogens is 3. The third-order valence-corrected chi connectivity index (χ3v) is 7.99. The molecular weight excluding hydrogens is 631 g/mol. The van der Waals surface area contributed by atoms with E-state index in [-0.39, 0.29) is 49.0 Å². The van der Waals surface area contributed by atoms with Gasteiger partial charge in [-0.15, -0.1) is 0 Å². The van der Waals surface area contributed by atoms with Gasteiger partial charge in [-0.25, -0.2) is 9.59 Å². The number of carbonyl (C=O) groups is 3. The summed E-state index contributed by atoms with van der Waals surface area (Å²) in [6, 6.07) is 7.40. The maximum atomic E-state index is 14.2. The normalized spacial score (nSPS) is 20.2. The summed E-state index contributed by atoms with van der Waals surface area (Å²) in [5, 5.41) is 18.3. The molecule has 0 radical (unpaired) electrons. The monoisotopic (exact) mass is 679 g/mol. The Morgan fingerprint density at radius 3 is 2.33 bits per heavy atom. The van der Waals surface area contributed by atoms with Crippen molar-refractivity contribution < 1.29 is 42.1 Å². The number of hydrogen-bond donors (Lipinski definition) is 4. The molecule has 14 heteroatoms. The van der Waals surface area contributed by atoms with Gasteiger partial charge in [-0.05, 0) is 89.4 Å². The summed E-state index contributed by atoms with van der Waals surface area (Å²) >= 11 is 0. The summed E-state index contributed by atoms with van der Waals surface area (Å²) in [4.78, 5) is 42.6. The van der Waals surface area contributed by atoms with Crippen LogP contribution in [0, 0.1) is 5.92 Å². The second-order valence-corrected chi connectivity index (χ2v) is 12.6. The number of benzene rings is 2. The van der Waals surface area contributed by atoms with E-state index in [1.54, 1.807) is 32.2 Å². The van der Waals surface area contributed by atoms with Crippen molar-refractivity contribution in [2.75, 3.05) is 44.0 Å². The number of rotatable bonds is 7. The van der Waals surface area contributed by atoms with E-state index in [0.717, 1.165) is 25.0 Å². The number of carbonyl (C=O) groups excluding carboxylic acids is 3. The topological polar surface area (TPSA) is 132 Å². The van der Waals surface area contributed by atoms with Crippen molar-refractivity contribution >= 4 is 29.3 Å². The van der Waals surface area contributed by atoms with Crippen LogP contribution in [0.1, 0.15) is 69.8 Å². The summed E-state index contributed by atoms with van der Waals surface area (Å²) in [6.07, 6.45) is -3.08. The highest BCUT2D eigenvalue weighted by Gasteiger charge is 2.32. The Morgan fingerprint density at radius 2 is 1.71 bits per heavy atom. The lowest BCUT2D eigenvalue weighted by molar-refractivity contribution is -0.137. The molecule has 2 aromatic rings. The van der Waals surface area contributed by atoms with E-state index in [2.05, 4.69) is 16.0 Å². The minimum atomic E-state index is -4.49. The van der Waals surface area contributed by atoms with Gasteiger partial charge >= 0.3 is 18.2 Å². The molecule has 11 nitrogen and oxygen atoms in total.